The van der Waals surface area contributed by atoms with E-state index >= 15 is 0 Å². The van der Waals surface area contributed by atoms with E-state index in [2.05, 4.69) is 49.5 Å². The number of morpholine rings is 1. The van der Waals surface area contributed by atoms with Gasteiger partial charge in [0.25, 0.3) is 5.91 Å². The van der Waals surface area contributed by atoms with Gasteiger partial charge in [-0.15, -0.1) is 0 Å². The Morgan fingerprint density at radius 1 is 0.812 bits per heavy atom. The maximum atomic E-state index is 13.4. The Hall–Kier alpha value is -5.80. The van der Waals surface area contributed by atoms with Gasteiger partial charge >= 0.3 is 0 Å². The number of aromatic nitrogens is 2. The third kappa shape index (κ3) is 6.03. The summed E-state index contributed by atoms with van der Waals surface area (Å²) in [7, 11) is 0. The van der Waals surface area contributed by atoms with Crippen molar-refractivity contribution in [1.29, 1.82) is 0 Å². The summed E-state index contributed by atoms with van der Waals surface area (Å²) in [6, 6.07) is 29.5. The molecule has 4 heterocycles. The number of benzene rings is 4. The molecule has 4 aromatic carbocycles. The molecule has 6 aromatic rings. The number of nitrogens with zero attached hydrogens (tertiary/aromatic N) is 3. The number of aromatic hydroxyl groups is 1. The summed E-state index contributed by atoms with van der Waals surface area (Å²) in [4.78, 5) is 20.1. The number of hydrogen-bond acceptors (Lipinski definition) is 7. The lowest BCUT2D eigenvalue weighted by Crippen LogP contribution is -2.36. The van der Waals surface area contributed by atoms with E-state index < -0.39 is 0 Å². The Kier molecular flexibility index (Phi) is 7.87. The maximum absolute atomic E-state index is 13.4. The van der Waals surface area contributed by atoms with Gasteiger partial charge in [0.2, 0.25) is 0 Å². The van der Waals surface area contributed by atoms with Crippen LogP contribution >= 0.6 is 0 Å². The van der Waals surface area contributed by atoms with E-state index in [0.717, 1.165) is 82.3 Å². The van der Waals surface area contributed by atoms with Gasteiger partial charge in [-0.05, 0) is 83.4 Å². The van der Waals surface area contributed by atoms with Gasteiger partial charge in [0.15, 0.2) is 0 Å². The standard InChI is InChI=1S/C39H35N5O4/c45-30-7-1-27(2-8-30)24-44-25-34(32-13-15-40-23-38(32)44)28-4-11-33-36(22-28)41-35-12-3-26(21-37(35)42-39(33)46)14-18-48-31-9-5-29(6-10-31)43-16-19-47-20-17-43/h1-13,15,21-23,25,41,45H,14,16-20,24H2,(H,42,46). The summed E-state index contributed by atoms with van der Waals surface area (Å²) in [5, 5.41) is 17.4. The molecule has 1 saturated heterocycles. The van der Waals surface area contributed by atoms with Crippen LogP contribution in [0.2, 0.25) is 0 Å². The zero-order valence-corrected chi connectivity index (χ0v) is 26.4. The van der Waals surface area contributed by atoms with Crippen molar-refractivity contribution in [3.63, 3.8) is 0 Å². The van der Waals surface area contributed by atoms with E-state index in [0.29, 0.717) is 25.1 Å². The van der Waals surface area contributed by atoms with Crippen LogP contribution in [0.4, 0.5) is 22.7 Å². The average molecular weight is 638 g/mol. The van der Waals surface area contributed by atoms with Crippen molar-refractivity contribution in [3.8, 4) is 22.6 Å². The number of ether oxygens (including phenoxy) is 2. The number of amides is 1. The van der Waals surface area contributed by atoms with Crippen LogP contribution in [0.25, 0.3) is 22.0 Å². The number of hydrogen-bond donors (Lipinski definition) is 3. The maximum Gasteiger partial charge on any atom is 0.257 e. The summed E-state index contributed by atoms with van der Waals surface area (Å²) in [5.41, 5.74) is 9.27. The van der Waals surface area contributed by atoms with Crippen molar-refractivity contribution >= 4 is 39.6 Å². The molecule has 9 heteroatoms. The predicted octanol–water partition coefficient (Wildman–Crippen LogP) is 7.22. The number of phenols is 1. The van der Waals surface area contributed by atoms with Crippen LogP contribution in [0.5, 0.6) is 11.5 Å². The van der Waals surface area contributed by atoms with E-state index in [4.69, 9.17) is 9.47 Å². The third-order valence-electron chi connectivity index (χ3n) is 9.02. The number of carbonyl (C=O) groups excluding carboxylic acids is 1. The van der Waals surface area contributed by atoms with E-state index in [9.17, 15) is 9.90 Å². The molecule has 0 bridgehead atoms. The van der Waals surface area contributed by atoms with Gasteiger partial charge in [0.1, 0.15) is 11.5 Å². The molecular weight excluding hydrogens is 602 g/mol. The van der Waals surface area contributed by atoms with Crippen molar-refractivity contribution in [1.82, 2.24) is 9.55 Å². The highest BCUT2D eigenvalue weighted by Crippen LogP contribution is 2.38. The highest BCUT2D eigenvalue weighted by molar-refractivity contribution is 6.13. The van der Waals surface area contributed by atoms with E-state index in [1.54, 1.807) is 18.3 Å². The second-order valence-corrected chi connectivity index (χ2v) is 12.1. The van der Waals surface area contributed by atoms with Gasteiger partial charge in [-0.1, -0.05) is 24.3 Å². The monoisotopic (exact) mass is 637 g/mol. The second-order valence-electron chi connectivity index (χ2n) is 12.1. The average Bonchev–Trinajstić information content (AvgIpc) is 3.42. The molecule has 0 aliphatic carbocycles. The van der Waals surface area contributed by atoms with Gasteiger partial charge in [0, 0.05) is 55.1 Å². The molecule has 48 heavy (non-hydrogen) atoms. The van der Waals surface area contributed by atoms with E-state index in [1.807, 2.05) is 66.9 Å². The minimum atomic E-state index is -0.157. The molecule has 0 radical (unpaired) electrons. The molecule has 2 aliphatic rings. The third-order valence-corrected chi connectivity index (χ3v) is 9.02. The first-order chi connectivity index (χ1) is 23.6. The van der Waals surface area contributed by atoms with E-state index in [1.165, 1.54) is 5.69 Å². The highest BCUT2D eigenvalue weighted by Gasteiger charge is 2.21. The molecule has 0 unspecified atom stereocenters. The van der Waals surface area contributed by atoms with Crippen LogP contribution in [0.3, 0.4) is 0 Å². The number of fused-ring (bicyclic) bond motifs is 3. The number of anilines is 4. The van der Waals surface area contributed by atoms with Gasteiger partial charge in [0.05, 0.1) is 54.2 Å². The number of carbonyl (C=O) groups is 1. The predicted molar refractivity (Wildman–Crippen MR) is 189 cm³/mol. The van der Waals surface area contributed by atoms with Gasteiger partial charge in [-0.3, -0.25) is 9.78 Å². The van der Waals surface area contributed by atoms with Gasteiger partial charge < -0.3 is 34.7 Å². The molecule has 1 amide bonds. The molecule has 240 valence electrons. The molecule has 0 saturated carbocycles. The number of pyridine rings is 1. The zero-order valence-electron chi connectivity index (χ0n) is 26.4. The first-order valence-electron chi connectivity index (χ1n) is 16.2. The minimum absolute atomic E-state index is 0.157. The highest BCUT2D eigenvalue weighted by atomic mass is 16.5. The summed E-state index contributed by atoms with van der Waals surface area (Å²) in [6.07, 6.45) is 6.50. The summed E-state index contributed by atoms with van der Waals surface area (Å²) >= 11 is 0. The number of phenolic OH excluding ortho intramolecular Hbond substituents is 1. The Morgan fingerprint density at radius 3 is 2.46 bits per heavy atom. The lowest BCUT2D eigenvalue weighted by Gasteiger charge is -2.28. The Bertz CT molecular complexity index is 2100. The fraction of sp³-hybridized carbons (Fsp3) is 0.179. The Labute approximate surface area is 278 Å². The SMILES string of the molecule is O=C1Nc2cc(CCOc3ccc(N4CCOCC4)cc3)ccc2Nc2cc(-c3cn(Cc4ccc(O)cc4)c4cnccc34)ccc21. The first kappa shape index (κ1) is 29.6. The van der Waals surface area contributed by atoms with Crippen LogP contribution in [0.1, 0.15) is 21.5 Å². The molecule has 0 spiro atoms. The van der Waals surface area contributed by atoms with Crippen LogP contribution in [0, 0.1) is 0 Å². The van der Waals surface area contributed by atoms with Gasteiger partial charge in [-0.2, -0.15) is 0 Å². The van der Waals surface area contributed by atoms with E-state index in [-0.39, 0.29) is 11.7 Å². The Morgan fingerprint density at radius 2 is 1.62 bits per heavy atom. The van der Waals surface area contributed by atoms with Crippen LogP contribution < -0.4 is 20.3 Å². The molecule has 8 rings (SSSR count). The van der Waals surface area contributed by atoms with Crippen molar-refractivity contribution in [2.75, 3.05) is 48.4 Å². The first-order valence-corrected chi connectivity index (χ1v) is 16.2. The number of nitrogens with one attached hydrogen (secondary N) is 2. The van der Waals surface area contributed by atoms with Crippen LogP contribution in [-0.2, 0) is 17.7 Å². The van der Waals surface area contributed by atoms with Crippen molar-refractivity contribution < 1.29 is 19.4 Å². The van der Waals surface area contributed by atoms with Crippen molar-refractivity contribution in [3.05, 3.63) is 126 Å². The molecule has 3 N–H and O–H groups in total. The van der Waals surface area contributed by atoms with Crippen LogP contribution in [-0.4, -0.2) is 53.5 Å². The second kappa shape index (κ2) is 12.8. The molecule has 9 nitrogen and oxygen atoms in total. The smallest absolute Gasteiger partial charge is 0.257 e. The molecular formula is C39H35N5O4. The van der Waals surface area contributed by atoms with Crippen molar-refractivity contribution in [2.24, 2.45) is 0 Å². The minimum Gasteiger partial charge on any atom is -0.508 e. The fourth-order valence-corrected chi connectivity index (χ4v) is 6.47. The fourth-order valence-electron chi connectivity index (χ4n) is 6.47. The summed E-state index contributed by atoms with van der Waals surface area (Å²) in [6.45, 7) is 4.49. The van der Waals surface area contributed by atoms with Crippen molar-refractivity contribution in [2.45, 2.75) is 13.0 Å². The quantitative estimate of drug-likeness (QED) is 0.162. The van der Waals surface area contributed by atoms with Crippen LogP contribution in [0.15, 0.2) is 110 Å². The normalized spacial score (nSPS) is 14.1. The lowest BCUT2D eigenvalue weighted by molar-refractivity contribution is 0.102. The summed E-state index contributed by atoms with van der Waals surface area (Å²) in [5.74, 6) is 0.923. The Balaban J connectivity index is 0.985. The molecule has 0 atom stereocenters. The lowest BCUT2D eigenvalue weighted by atomic mass is 10.0. The summed E-state index contributed by atoms with van der Waals surface area (Å²) < 4.78 is 13.7. The van der Waals surface area contributed by atoms with Gasteiger partial charge in [-0.25, -0.2) is 0 Å². The topological polar surface area (TPSA) is 101 Å². The molecule has 1 fully saturated rings. The molecule has 2 aromatic heterocycles. The number of rotatable bonds is 8. The zero-order chi connectivity index (χ0) is 32.5. The largest absolute Gasteiger partial charge is 0.508 e. The molecule has 2 aliphatic heterocycles.